The van der Waals surface area contributed by atoms with E-state index < -0.39 is 0 Å². The highest BCUT2D eigenvalue weighted by atomic mass is 32.2. The Morgan fingerprint density at radius 3 is 2.13 bits per heavy atom. The van der Waals surface area contributed by atoms with Crippen LogP contribution in [0.1, 0.15) is 0 Å². The van der Waals surface area contributed by atoms with Crippen molar-refractivity contribution in [3.05, 3.63) is 52.1 Å². The highest BCUT2D eigenvalue weighted by Crippen LogP contribution is 2.50. The number of hydrogen-bond acceptors (Lipinski definition) is 2. The summed E-state index contributed by atoms with van der Waals surface area (Å²) >= 11 is 1.87. The van der Waals surface area contributed by atoms with Gasteiger partial charge in [0.25, 0.3) is 0 Å². The molecular weight excluding hydrogens is 242 g/mol. The number of thiol groups is 2. The average molecular weight is 253 g/mol. The minimum Gasteiger partial charge on any atom is -0.238 e. The second kappa shape index (κ2) is 4.04. The van der Waals surface area contributed by atoms with Crippen molar-refractivity contribution in [3.8, 4) is 0 Å². The van der Waals surface area contributed by atoms with E-state index >= 15 is 0 Å². The average Bonchev–Trinajstić information content (AvgIpc) is 3.02. The summed E-state index contributed by atoms with van der Waals surface area (Å²) in [4.78, 5) is 4.54. The van der Waals surface area contributed by atoms with Gasteiger partial charge in [-0.3, -0.25) is 0 Å². The van der Waals surface area contributed by atoms with E-state index in [9.17, 15) is 0 Å². The van der Waals surface area contributed by atoms with Crippen LogP contribution >= 0.6 is 33.1 Å². The molecule has 0 aromatic carbocycles. The Bertz CT molecular complexity index is 415. The van der Waals surface area contributed by atoms with Crippen molar-refractivity contribution in [2.75, 3.05) is 0 Å². The maximum absolute atomic E-state index is 4.54. The van der Waals surface area contributed by atoms with Crippen LogP contribution in [-0.2, 0) is 0 Å². The van der Waals surface area contributed by atoms with Crippen molar-refractivity contribution < 1.29 is 0 Å². The molecule has 4 heteroatoms. The van der Waals surface area contributed by atoms with E-state index in [0.717, 1.165) is 0 Å². The Kier molecular flexibility index (Phi) is 2.56. The summed E-state index contributed by atoms with van der Waals surface area (Å²) in [6, 6.07) is 0. The lowest BCUT2D eigenvalue weighted by molar-refractivity contribution is 1.23. The fraction of sp³-hybridized carbons (Fsp3) is 0. The number of aromatic nitrogens is 1. The second-order valence-corrected chi connectivity index (χ2v) is 8.52. The third kappa shape index (κ3) is 1.85. The molecule has 0 unspecified atom stereocenters. The number of thiazole rings is 1. The lowest BCUT2D eigenvalue weighted by atomic mass is 10.6. The third-order valence-corrected chi connectivity index (χ3v) is 7.74. The van der Waals surface area contributed by atoms with Crippen molar-refractivity contribution in [2.24, 2.45) is 0 Å². The summed E-state index contributed by atoms with van der Waals surface area (Å²) in [5.41, 5.74) is 0. The lowest BCUT2D eigenvalue weighted by Crippen LogP contribution is -1.67. The smallest absolute Gasteiger partial charge is 0.138 e. The minimum absolute atomic E-state index is 0.177. The highest BCUT2D eigenvalue weighted by molar-refractivity contribution is 8.25. The maximum Gasteiger partial charge on any atom is 0.138 e. The molecule has 0 radical (unpaired) electrons. The van der Waals surface area contributed by atoms with E-state index in [1.165, 1.54) is 8.55 Å². The summed E-state index contributed by atoms with van der Waals surface area (Å²) < 4.78 is 2.70. The largest absolute Gasteiger partial charge is 0.238 e. The molecule has 0 saturated heterocycles. The van der Waals surface area contributed by atoms with Crippen LogP contribution in [-0.4, -0.2) is 4.98 Å². The highest BCUT2D eigenvalue weighted by Gasteiger charge is 2.11. The van der Waals surface area contributed by atoms with Crippen molar-refractivity contribution in [2.45, 2.75) is 8.55 Å². The van der Waals surface area contributed by atoms with Gasteiger partial charge in [0.1, 0.15) is 4.34 Å². The van der Waals surface area contributed by atoms with Crippen LogP contribution in [0.15, 0.2) is 60.7 Å². The van der Waals surface area contributed by atoms with Gasteiger partial charge in [-0.05, 0) is 21.6 Å². The molecule has 0 spiro atoms. The van der Waals surface area contributed by atoms with Crippen LogP contribution in [0.2, 0.25) is 0 Å². The predicted molar refractivity (Wildman–Crippen MR) is 73.2 cm³/mol. The second-order valence-electron chi connectivity index (χ2n) is 3.16. The van der Waals surface area contributed by atoms with E-state index in [-0.39, 0.29) is 21.8 Å². The third-order valence-electron chi connectivity index (χ3n) is 2.17. The Hall–Kier alpha value is -0.710. The molecule has 0 amide bonds. The molecule has 0 saturated carbocycles. The molecule has 0 fully saturated rings. The van der Waals surface area contributed by atoms with E-state index in [2.05, 4.69) is 50.9 Å². The monoisotopic (exact) mass is 253 g/mol. The molecule has 1 nitrogen and oxygen atoms in total. The zero-order valence-corrected chi connectivity index (χ0v) is 10.6. The molecule has 3 rings (SSSR count). The molecule has 2 aliphatic heterocycles. The number of allylic oxidation sites excluding steroid dienone is 4. The first-order valence-corrected chi connectivity index (χ1v) is 8.44. The van der Waals surface area contributed by atoms with Crippen LogP contribution in [0.25, 0.3) is 0 Å². The zero-order chi connectivity index (χ0) is 10.1. The van der Waals surface area contributed by atoms with Crippen LogP contribution in [0.3, 0.4) is 0 Å². The van der Waals surface area contributed by atoms with Gasteiger partial charge in [0.05, 0.1) is 10.4 Å². The van der Waals surface area contributed by atoms with Crippen LogP contribution in [0.4, 0.5) is 0 Å². The van der Waals surface area contributed by atoms with Gasteiger partial charge in [-0.15, -0.1) is 11.3 Å². The topological polar surface area (TPSA) is 12.9 Å². The zero-order valence-electron chi connectivity index (χ0n) is 7.95. The Morgan fingerprint density at radius 2 is 1.47 bits per heavy atom. The lowest BCUT2D eigenvalue weighted by Gasteiger charge is -2.06. The molecule has 0 atom stereocenters. The predicted octanol–water partition coefficient (Wildman–Crippen LogP) is 3.95. The van der Waals surface area contributed by atoms with Crippen LogP contribution < -0.4 is 0 Å². The first kappa shape index (κ1) is 9.51. The van der Waals surface area contributed by atoms with E-state index in [4.69, 9.17) is 0 Å². The molecule has 0 aliphatic carbocycles. The summed E-state index contributed by atoms with van der Waals surface area (Å²) in [5, 5.41) is 9.07. The number of nitrogens with zero attached hydrogens (tertiary/aromatic N) is 1. The first-order chi connectivity index (χ1) is 7.43. The van der Waals surface area contributed by atoms with Gasteiger partial charge in [-0.25, -0.2) is 4.98 Å². The van der Waals surface area contributed by atoms with Crippen molar-refractivity contribution in [3.63, 3.8) is 0 Å². The molecule has 2 aliphatic rings. The molecule has 78 valence electrons. The first-order valence-electron chi connectivity index (χ1n) is 4.66. The molecule has 1 aromatic rings. The minimum atomic E-state index is -0.225. The molecule has 0 N–H and O–H groups in total. The molecule has 0 bridgehead atoms. The summed E-state index contributed by atoms with van der Waals surface area (Å²) in [6.07, 6.45) is 10.5. The summed E-state index contributed by atoms with van der Waals surface area (Å²) in [5.74, 6) is 0. The fourth-order valence-electron chi connectivity index (χ4n) is 1.44. The van der Waals surface area contributed by atoms with Gasteiger partial charge in [0.15, 0.2) is 0 Å². The number of rotatable bonds is 2. The Labute approximate surface area is 98.6 Å². The summed E-state index contributed by atoms with van der Waals surface area (Å²) in [7, 11) is -0.402. The summed E-state index contributed by atoms with van der Waals surface area (Å²) in [6.45, 7) is 0. The van der Waals surface area contributed by atoms with Crippen molar-refractivity contribution in [1.82, 2.24) is 4.98 Å². The Morgan fingerprint density at radius 1 is 0.867 bits per heavy atom. The van der Waals surface area contributed by atoms with Crippen LogP contribution in [0.5, 0.6) is 0 Å². The fourth-order valence-corrected chi connectivity index (χ4v) is 6.45. The SMILES string of the molecule is C1=C[SH](c2cnc([SH]3C=CC=C3)s2)C=C1. The van der Waals surface area contributed by atoms with Gasteiger partial charge >= 0.3 is 0 Å². The van der Waals surface area contributed by atoms with Crippen molar-refractivity contribution >= 4 is 33.1 Å². The standard InChI is InChI=1S/C11H11NS3/c1-2-6-14(5-1)10-9-12-11(13-10)15-7-3-4-8-15/h1-9,14-15H. The molecular formula is C11H11NS3. The van der Waals surface area contributed by atoms with Crippen molar-refractivity contribution in [1.29, 1.82) is 0 Å². The van der Waals surface area contributed by atoms with Gasteiger partial charge < -0.3 is 0 Å². The van der Waals surface area contributed by atoms with Crippen LogP contribution in [0, 0.1) is 0 Å². The maximum atomic E-state index is 4.54. The molecule has 1 aromatic heterocycles. The van der Waals surface area contributed by atoms with E-state index in [0.29, 0.717) is 0 Å². The number of hydrogen-bond donors (Lipinski definition) is 2. The van der Waals surface area contributed by atoms with Gasteiger partial charge in [0.2, 0.25) is 0 Å². The van der Waals surface area contributed by atoms with Gasteiger partial charge in [-0.2, -0.15) is 21.8 Å². The van der Waals surface area contributed by atoms with Gasteiger partial charge in [-0.1, -0.05) is 24.3 Å². The van der Waals surface area contributed by atoms with E-state index in [1.807, 2.05) is 17.5 Å². The quantitative estimate of drug-likeness (QED) is 0.761. The molecule has 15 heavy (non-hydrogen) atoms. The van der Waals surface area contributed by atoms with E-state index in [1.54, 1.807) is 0 Å². The Balaban J connectivity index is 1.87. The normalized spacial score (nSPS) is 22.1. The molecule has 3 heterocycles. The van der Waals surface area contributed by atoms with Gasteiger partial charge in [0, 0.05) is 0 Å².